The summed E-state index contributed by atoms with van der Waals surface area (Å²) < 4.78 is 0. The topological polar surface area (TPSA) is 77.9 Å². The van der Waals surface area contributed by atoms with Crippen LogP contribution in [0.3, 0.4) is 0 Å². The lowest BCUT2D eigenvalue weighted by molar-refractivity contribution is -0.132. The summed E-state index contributed by atoms with van der Waals surface area (Å²) in [5.41, 5.74) is 3.02. The average Bonchev–Trinajstić information content (AvgIpc) is 2.77. The van der Waals surface area contributed by atoms with Crippen LogP contribution in [0.15, 0.2) is 53.9 Å². The molecule has 0 bridgehead atoms. The van der Waals surface area contributed by atoms with Crippen molar-refractivity contribution in [2.75, 3.05) is 23.3 Å². The monoisotopic (exact) mass is 391 g/mol. The second-order valence-electron chi connectivity index (χ2n) is 7.38. The largest absolute Gasteiger partial charge is 0.370 e. The first-order chi connectivity index (χ1) is 14.2. The summed E-state index contributed by atoms with van der Waals surface area (Å²) in [7, 11) is 0. The number of pyridine rings is 1. The van der Waals surface area contributed by atoms with Crippen molar-refractivity contribution in [3.8, 4) is 0 Å². The molecule has 0 saturated carbocycles. The number of anilines is 2. The summed E-state index contributed by atoms with van der Waals surface area (Å²) in [6.07, 6.45) is 7.60. The van der Waals surface area contributed by atoms with E-state index in [1.807, 2.05) is 36.4 Å². The van der Waals surface area contributed by atoms with Gasteiger partial charge in [0.05, 0.1) is 24.1 Å². The highest BCUT2D eigenvalue weighted by atomic mass is 16.2. The summed E-state index contributed by atoms with van der Waals surface area (Å²) in [4.78, 5) is 31.6. The van der Waals surface area contributed by atoms with Crippen LogP contribution in [0.2, 0.25) is 0 Å². The molecule has 7 heteroatoms. The summed E-state index contributed by atoms with van der Waals surface area (Å²) in [5.74, 6) is -0.345. The van der Waals surface area contributed by atoms with Gasteiger partial charge in [-0.05, 0) is 30.9 Å². The maximum absolute atomic E-state index is 12.9. The number of aromatic nitrogens is 1. The molecule has 1 aromatic heterocycles. The quantitative estimate of drug-likeness (QED) is 0.849. The number of piperidine rings is 1. The number of hydrazone groups is 1. The number of benzene rings is 1. The zero-order valence-corrected chi connectivity index (χ0v) is 16.4. The lowest BCUT2D eigenvalue weighted by atomic mass is 10.1. The highest BCUT2D eigenvalue weighted by molar-refractivity contribution is 6.43. The molecule has 2 amide bonds. The van der Waals surface area contributed by atoms with Gasteiger partial charge in [0.15, 0.2) is 0 Å². The highest BCUT2D eigenvalue weighted by Gasteiger charge is 2.25. The Hall–Kier alpha value is -3.22. The normalized spacial score (nSPS) is 17.1. The summed E-state index contributed by atoms with van der Waals surface area (Å²) in [5, 5.41) is 8.71. The van der Waals surface area contributed by atoms with E-state index in [-0.39, 0.29) is 18.2 Å². The van der Waals surface area contributed by atoms with Crippen molar-refractivity contribution in [2.24, 2.45) is 5.10 Å². The molecular formula is C22H25N5O2. The third-order valence-corrected chi connectivity index (χ3v) is 5.29. The van der Waals surface area contributed by atoms with E-state index in [1.165, 1.54) is 11.4 Å². The Balaban J connectivity index is 1.49. The second kappa shape index (κ2) is 8.86. The number of hydrogen-bond acceptors (Lipinski definition) is 5. The van der Waals surface area contributed by atoms with Crippen molar-refractivity contribution < 1.29 is 9.59 Å². The van der Waals surface area contributed by atoms with Gasteiger partial charge in [-0.15, -0.1) is 0 Å². The molecule has 2 aromatic rings. The van der Waals surface area contributed by atoms with Crippen molar-refractivity contribution in [1.82, 2.24) is 9.99 Å². The van der Waals surface area contributed by atoms with Crippen molar-refractivity contribution in [1.29, 1.82) is 0 Å². The van der Waals surface area contributed by atoms with Crippen LogP contribution in [0.5, 0.6) is 0 Å². The lowest BCUT2D eigenvalue weighted by Crippen LogP contribution is -2.36. The van der Waals surface area contributed by atoms with Crippen molar-refractivity contribution in [3.05, 3.63) is 54.4 Å². The Morgan fingerprint density at radius 3 is 2.62 bits per heavy atom. The molecule has 1 fully saturated rings. The van der Waals surface area contributed by atoms with E-state index in [0.717, 1.165) is 37.2 Å². The van der Waals surface area contributed by atoms with Crippen LogP contribution >= 0.6 is 0 Å². The molecule has 1 saturated heterocycles. The Bertz CT molecular complexity index is 906. The van der Waals surface area contributed by atoms with Gasteiger partial charge in [0, 0.05) is 32.1 Å². The standard InChI is InChI=1S/C22H25N5O2/c28-21-10-9-18(25-27(21)16-17-7-3-1-4-8-17)22(29)24-19-15-23-12-11-20(19)26-13-5-2-6-14-26/h1,3-4,7-8,11-12,15H,2,5-6,9-10,13-14,16H2,(H,24,29). The van der Waals surface area contributed by atoms with Crippen LogP contribution in [0.4, 0.5) is 11.4 Å². The van der Waals surface area contributed by atoms with Gasteiger partial charge in [-0.25, -0.2) is 5.01 Å². The number of nitrogens with zero attached hydrogens (tertiary/aromatic N) is 4. The van der Waals surface area contributed by atoms with Crippen LogP contribution in [0, 0.1) is 0 Å². The Morgan fingerprint density at radius 2 is 1.83 bits per heavy atom. The van der Waals surface area contributed by atoms with Crippen molar-refractivity contribution in [2.45, 2.75) is 38.6 Å². The molecule has 0 atom stereocenters. The van der Waals surface area contributed by atoms with Gasteiger partial charge in [-0.1, -0.05) is 30.3 Å². The van der Waals surface area contributed by atoms with Crippen molar-refractivity contribution in [3.63, 3.8) is 0 Å². The molecule has 2 aliphatic rings. The van der Waals surface area contributed by atoms with E-state index >= 15 is 0 Å². The van der Waals surface area contributed by atoms with E-state index in [9.17, 15) is 9.59 Å². The minimum Gasteiger partial charge on any atom is -0.370 e. The number of carbonyl (C=O) groups is 2. The number of nitrogens with one attached hydrogen (secondary N) is 1. The molecule has 7 nitrogen and oxygen atoms in total. The van der Waals surface area contributed by atoms with E-state index in [1.54, 1.807) is 12.4 Å². The molecule has 0 aliphatic carbocycles. The van der Waals surface area contributed by atoms with Gasteiger partial charge in [-0.3, -0.25) is 14.6 Å². The maximum Gasteiger partial charge on any atom is 0.271 e. The molecule has 29 heavy (non-hydrogen) atoms. The van der Waals surface area contributed by atoms with Crippen LogP contribution in [-0.4, -0.2) is 40.6 Å². The van der Waals surface area contributed by atoms with Gasteiger partial charge in [0.25, 0.3) is 5.91 Å². The molecule has 4 rings (SSSR count). The Labute approximate surface area is 170 Å². The number of rotatable bonds is 5. The highest BCUT2D eigenvalue weighted by Crippen LogP contribution is 2.27. The molecule has 0 radical (unpaired) electrons. The Kier molecular flexibility index (Phi) is 5.84. The molecule has 0 unspecified atom stereocenters. The van der Waals surface area contributed by atoms with Gasteiger partial charge >= 0.3 is 0 Å². The van der Waals surface area contributed by atoms with Gasteiger partial charge < -0.3 is 10.2 Å². The number of hydrogen-bond donors (Lipinski definition) is 1. The van der Waals surface area contributed by atoms with E-state index in [0.29, 0.717) is 24.4 Å². The van der Waals surface area contributed by atoms with Crippen LogP contribution < -0.4 is 10.2 Å². The number of amides is 2. The zero-order chi connectivity index (χ0) is 20.1. The maximum atomic E-state index is 12.9. The molecular weight excluding hydrogens is 366 g/mol. The van der Waals surface area contributed by atoms with Crippen LogP contribution in [-0.2, 0) is 16.1 Å². The first-order valence-corrected chi connectivity index (χ1v) is 10.1. The van der Waals surface area contributed by atoms with E-state index in [2.05, 4.69) is 20.3 Å². The van der Waals surface area contributed by atoms with E-state index < -0.39 is 0 Å². The lowest BCUT2D eigenvalue weighted by Gasteiger charge is -2.30. The summed E-state index contributed by atoms with van der Waals surface area (Å²) in [6, 6.07) is 11.6. The molecule has 3 heterocycles. The van der Waals surface area contributed by atoms with Gasteiger partial charge in [-0.2, -0.15) is 5.10 Å². The van der Waals surface area contributed by atoms with Crippen LogP contribution in [0.1, 0.15) is 37.7 Å². The molecule has 1 N–H and O–H groups in total. The first-order valence-electron chi connectivity index (χ1n) is 10.1. The minimum atomic E-state index is -0.276. The van der Waals surface area contributed by atoms with Crippen molar-refractivity contribution >= 4 is 28.9 Å². The molecule has 0 spiro atoms. The van der Waals surface area contributed by atoms with Gasteiger partial charge in [0.1, 0.15) is 5.71 Å². The van der Waals surface area contributed by atoms with Gasteiger partial charge in [0.2, 0.25) is 5.91 Å². The van der Waals surface area contributed by atoms with E-state index in [4.69, 9.17) is 0 Å². The third kappa shape index (κ3) is 4.62. The fourth-order valence-electron chi connectivity index (χ4n) is 3.73. The number of carbonyl (C=O) groups excluding carboxylic acids is 2. The second-order valence-corrected chi connectivity index (χ2v) is 7.38. The molecule has 2 aliphatic heterocycles. The third-order valence-electron chi connectivity index (χ3n) is 5.29. The predicted molar refractivity (Wildman–Crippen MR) is 113 cm³/mol. The Morgan fingerprint density at radius 1 is 1.03 bits per heavy atom. The molecule has 150 valence electrons. The fraction of sp³-hybridized carbons (Fsp3) is 0.364. The predicted octanol–water partition coefficient (Wildman–Crippen LogP) is 3.19. The average molecular weight is 391 g/mol. The first kappa shape index (κ1) is 19.1. The SMILES string of the molecule is O=C(Nc1cnccc1N1CCCCC1)C1=NN(Cc2ccccc2)C(=O)CC1. The van der Waals surface area contributed by atoms with Crippen LogP contribution in [0.25, 0.3) is 0 Å². The minimum absolute atomic E-state index is 0.0687. The fourth-order valence-corrected chi connectivity index (χ4v) is 3.73. The summed E-state index contributed by atoms with van der Waals surface area (Å²) in [6.45, 7) is 2.32. The summed E-state index contributed by atoms with van der Waals surface area (Å²) >= 11 is 0. The molecule has 1 aromatic carbocycles. The smallest absolute Gasteiger partial charge is 0.271 e. The zero-order valence-electron chi connectivity index (χ0n) is 16.4.